The van der Waals surface area contributed by atoms with Crippen LogP contribution in [-0.2, 0) is 0 Å². The smallest absolute Gasteiger partial charge is 0.204 e. The van der Waals surface area contributed by atoms with Crippen molar-refractivity contribution in [2.45, 2.75) is 57.8 Å². The first-order chi connectivity index (χ1) is 12.2. The molecule has 25 heavy (non-hydrogen) atoms. The molecule has 0 heterocycles. The van der Waals surface area contributed by atoms with Gasteiger partial charge in [0, 0.05) is 0 Å². The van der Waals surface area contributed by atoms with Gasteiger partial charge in [-0.05, 0) is 43.2 Å². The van der Waals surface area contributed by atoms with Crippen molar-refractivity contribution >= 4 is 0 Å². The lowest BCUT2D eigenvalue weighted by molar-refractivity contribution is 0.259. The molecule has 2 aliphatic rings. The molecule has 0 aromatic heterocycles. The van der Waals surface area contributed by atoms with Gasteiger partial charge in [0.1, 0.15) is 6.61 Å². The summed E-state index contributed by atoms with van der Waals surface area (Å²) in [6, 6.07) is 2.91. The van der Waals surface area contributed by atoms with Gasteiger partial charge in [-0.1, -0.05) is 50.7 Å². The number of allylic oxidation sites excluding steroid dienone is 1. The Morgan fingerprint density at radius 2 is 1.48 bits per heavy atom. The van der Waals surface area contributed by atoms with Gasteiger partial charge in [-0.3, -0.25) is 0 Å². The van der Waals surface area contributed by atoms with E-state index in [9.17, 15) is 8.78 Å². The maximum Gasteiger partial charge on any atom is 0.204 e. The van der Waals surface area contributed by atoms with Gasteiger partial charge in [0.15, 0.2) is 11.5 Å². The zero-order valence-corrected chi connectivity index (χ0v) is 14.8. The molecule has 0 amide bonds. The minimum Gasteiger partial charge on any atom is -0.490 e. The molecule has 0 saturated heterocycles. The van der Waals surface area contributed by atoms with E-state index in [-0.39, 0.29) is 18.1 Å². The highest BCUT2D eigenvalue weighted by molar-refractivity contribution is 5.35. The van der Waals surface area contributed by atoms with Gasteiger partial charge >= 0.3 is 0 Å². The van der Waals surface area contributed by atoms with E-state index in [4.69, 9.17) is 9.47 Å². The molecule has 4 heteroatoms. The Morgan fingerprint density at radius 1 is 0.880 bits per heavy atom. The largest absolute Gasteiger partial charge is 0.490 e. The predicted octanol–water partition coefficient (Wildman–Crippen LogP) is 6.05. The summed E-state index contributed by atoms with van der Waals surface area (Å²) in [6.07, 6.45) is 14.9. The lowest BCUT2D eigenvalue weighted by Crippen LogP contribution is -2.06. The molecule has 0 N–H and O–H groups in total. The zero-order chi connectivity index (χ0) is 17.5. The summed E-state index contributed by atoms with van der Waals surface area (Å²) in [5.74, 6) is -0.722. The standard InChI is InChI=1S/C21H28F2O2/c22-20-18(24-14-5-10-16-6-1-2-7-16)11-12-19(21(20)23)25-15-13-17-8-3-4-9-17/h5,10-12,16-17H,1-4,6-9,13-15H2/b10-5+. The molecule has 1 aromatic rings. The lowest BCUT2D eigenvalue weighted by Gasteiger charge is -2.12. The molecule has 138 valence electrons. The minimum absolute atomic E-state index is 0.0238. The second-order valence-corrected chi connectivity index (χ2v) is 7.26. The van der Waals surface area contributed by atoms with Crippen LogP contribution >= 0.6 is 0 Å². The Labute approximate surface area is 149 Å². The van der Waals surface area contributed by atoms with Crippen molar-refractivity contribution in [2.24, 2.45) is 11.8 Å². The normalized spacial score (nSPS) is 19.1. The van der Waals surface area contributed by atoms with Crippen molar-refractivity contribution in [3.05, 3.63) is 35.9 Å². The van der Waals surface area contributed by atoms with Crippen molar-refractivity contribution in [2.75, 3.05) is 13.2 Å². The van der Waals surface area contributed by atoms with Crippen molar-refractivity contribution in [3.63, 3.8) is 0 Å². The molecule has 2 fully saturated rings. The topological polar surface area (TPSA) is 18.5 Å². The van der Waals surface area contributed by atoms with Gasteiger partial charge in [-0.15, -0.1) is 0 Å². The van der Waals surface area contributed by atoms with Gasteiger partial charge in [0.05, 0.1) is 6.61 Å². The van der Waals surface area contributed by atoms with Gasteiger partial charge in [-0.2, -0.15) is 8.78 Å². The van der Waals surface area contributed by atoms with E-state index in [1.54, 1.807) is 0 Å². The lowest BCUT2D eigenvalue weighted by atomic mass is 10.1. The zero-order valence-electron chi connectivity index (χ0n) is 14.8. The van der Waals surface area contributed by atoms with Crippen LogP contribution in [0.2, 0.25) is 0 Å². The fourth-order valence-corrected chi connectivity index (χ4v) is 3.91. The van der Waals surface area contributed by atoms with Crippen molar-refractivity contribution in [3.8, 4) is 11.5 Å². The van der Waals surface area contributed by atoms with Crippen molar-refractivity contribution in [1.82, 2.24) is 0 Å². The Bertz CT molecular complexity index is 574. The molecular weight excluding hydrogens is 322 g/mol. The SMILES string of the molecule is Fc1c(OC/C=C/C2CCCC2)ccc(OCCC2CCCC2)c1F. The second kappa shape index (κ2) is 9.21. The first-order valence-corrected chi connectivity index (χ1v) is 9.64. The predicted molar refractivity (Wildman–Crippen MR) is 95.0 cm³/mol. The molecular formula is C21H28F2O2. The average molecular weight is 350 g/mol. The van der Waals surface area contributed by atoms with Crippen LogP contribution in [0.5, 0.6) is 11.5 Å². The Balaban J connectivity index is 1.47. The van der Waals surface area contributed by atoms with Crippen molar-refractivity contribution < 1.29 is 18.3 Å². The van der Waals surface area contributed by atoms with Crippen LogP contribution in [0.1, 0.15) is 57.8 Å². The van der Waals surface area contributed by atoms with E-state index < -0.39 is 11.6 Å². The number of halogens is 2. The molecule has 0 atom stereocenters. The molecule has 3 rings (SSSR count). The van der Waals surface area contributed by atoms with Gasteiger partial charge in [0.25, 0.3) is 0 Å². The van der Waals surface area contributed by atoms with E-state index in [1.165, 1.54) is 63.5 Å². The summed E-state index contributed by atoms with van der Waals surface area (Å²) in [5, 5.41) is 0. The van der Waals surface area contributed by atoms with E-state index in [0.717, 1.165) is 6.42 Å². The number of hydrogen-bond acceptors (Lipinski definition) is 2. The number of ether oxygens (including phenoxy) is 2. The monoisotopic (exact) mass is 350 g/mol. The van der Waals surface area contributed by atoms with Crippen LogP contribution in [0.15, 0.2) is 24.3 Å². The van der Waals surface area contributed by atoms with E-state index in [2.05, 4.69) is 6.08 Å². The quantitative estimate of drug-likeness (QED) is 0.531. The molecule has 0 spiro atoms. The van der Waals surface area contributed by atoms with Crippen LogP contribution < -0.4 is 9.47 Å². The third-order valence-corrected chi connectivity index (χ3v) is 5.41. The first-order valence-electron chi connectivity index (χ1n) is 9.64. The van der Waals surface area contributed by atoms with Gasteiger partial charge in [0.2, 0.25) is 11.6 Å². The summed E-state index contributed by atoms with van der Waals surface area (Å²) in [6.45, 7) is 0.695. The summed E-state index contributed by atoms with van der Waals surface area (Å²) >= 11 is 0. The summed E-state index contributed by atoms with van der Waals surface area (Å²) in [7, 11) is 0. The summed E-state index contributed by atoms with van der Waals surface area (Å²) < 4.78 is 39.0. The Morgan fingerprint density at radius 3 is 2.16 bits per heavy atom. The van der Waals surface area contributed by atoms with Crippen molar-refractivity contribution in [1.29, 1.82) is 0 Å². The van der Waals surface area contributed by atoms with Gasteiger partial charge < -0.3 is 9.47 Å². The molecule has 0 radical (unpaired) electrons. The third-order valence-electron chi connectivity index (χ3n) is 5.41. The highest BCUT2D eigenvalue weighted by atomic mass is 19.2. The molecule has 0 unspecified atom stereocenters. The maximum absolute atomic E-state index is 14.1. The number of benzene rings is 1. The average Bonchev–Trinajstić information content (AvgIpc) is 3.31. The van der Waals surface area contributed by atoms with Crippen LogP contribution in [0.25, 0.3) is 0 Å². The third kappa shape index (κ3) is 5.20. The summed E-state index contributed by atoms with van der Waals surface area (Å²) in [4.78, 5) is 0. The fourth-order valence-electron chi connectivity index (χ4n) is 3.91. The van der Waals surface area contributed by atoms with E-state index in [1.807, 2.05) is 6.08 Å². The second-order valence-electron chi connectivity index (χ2n) is 7.26. The van der Waals surface area contributed by atoms with Crippen LogP contribution in [0, 0.1) is 23.5 Å². The fraction of sp³-hybridized carbons (Fsp3) is 0.619. The Hall–Kier alpha value is -1.58. The number of rotatable bonds is 8. The van der Waals surface area contributed by atoms with E-state index in [0.29, 0.717) is 18.4 Å². The first kappa shape index (κ1) is 18.2. The van der Waals surface area contributed by atoms with E-state index >= 15 is 0 Å². The minimum atomic E-state index is -0.965. The molecule has 0 bridgehead atoms. The van der Waals surface area contributed by atoms with Gasteiger partial charge in [-0.25, -0.2) is 0 Å². The van der Waals surface area contributed by atoms with Crippen LogP contribution in [0.4, 0.5) is 8.78 Å². The molecule has 2 aliphatic carbocycles. The molecule has 2 saturated carbocycles. The summed E-state index contributed by atoms with van der Waals surface area (Å²) in [5.41, 5.74) is 0. The number of hydrogen-bond donors (Lipinski definition) is 0. The highest BCUT2D eigenvalue weighted by Gasteiger charge is 2.18. The van der Waals surface area contributed by atoms with Crippen LogP contribution in [0.3, 0.4) is 0 Å². The molecule has 1 aromatic carbocycles. The molecule has 2 nitrogen and oxygen atoms in total. The molecule has 0 aliphatic heterocycles. The highest BCUT2D eigenvalue weighted by Crippen LogP contribution is 2.30. The van der Waals surface area contributed by atoms with Crippen LogP contribution in [-0.4, -0.2) is 13.2 Å². The Kier molecular flexibility index (Phi) is 6.71. The maximum atomic E-state index is 14.1.